The smallest absolute Gasteiger partial charge is 0.242 e. The molecule has 7 nitrogen and oxygen atoms in total. The van der Waals surface area contributed by atoms with Gasteiger partial charge in [-0.1, -0.05) is 0 Å². The molecular formula is C15H23N5O2. The normalized spacial score (nSPS) is 21.2. The van der Waals surface area contributed by atoms with Crippen molar-refractivity contribution >= 4 is 11.8 Å². The summed E-state index contributed by atoms with van der Waals surface area (Å²) in [5.41, 5.74) is 6.99. The number of nitrogens with zero attached hydrogens (tertiary/aromatic N) is 3. The molecule has 2 amide bonds. The van der Waals surface area contributed by atoms with E-state index in [1.165, 1.54) is 0 Å². The number of amides is 2. The Labute approximate surface area is 130 Å². The van der Waals surface area contributed by atoms with Crippen LogP contribution in [0.15, 0.2) is 24.5 Å². The molecule has 0 aromatic carbocycles. The van der Waals surface area contributed by atoms with Crippen LogP contribution in [0.2, 0.25) is 0 Å². The molecule has 0 bridgehead atoms. The summed E-state index contributed by atoms with van der Waals surface area (Å²) in [4.78, 5) is 31.8. The first-order valence-electron chi connectivity index (χ1n) is 7.35. The van der Waals surface area contributed by atoms with E-state index in [-0.39, 0.29) is 24.4 Å². The summed E-state index contributed by atoms with van der Waals surface area (Å²) in [5, 5.41) is 2.60. The van der Waals surface area contributed by atoms with Crippen molar-refractivity contribution in [3.63, 3.8) is 0 Å². The predicted molar refractivity (Wildman–Crippen MR) is 82.7 cm³/mol. The van der Waals surface area contributed by atoms with Gasteiger partial charge in [-0.25, -0.2) is 0 Å². The molecule has 2 atom stereocenters. The maximum absolute atomic E-state index is 12.5. The first-order valence-corrected chi connectivity index (χ1v) is 7.35. The van der Waals surface area contributed by atoms with Gasteiger partial charge < -0.3 is 16.0 Å². The monoisotopic (exact) mass is 305 g/mol. The van der Waals surface area contributed by atoms with Crippen LogP contribution in [0.1, 0.15) is 12.0 Å². The molecule has 0 saturated carbocycles. The summed E-state index contributed by atoms with van der Waals surface area (Å²) in [6.07, 6.45) is 3.97. The standard InChI is InChI=1S/C15H23N5O2/c1-17-15(22)13-7-12(16)9-20(13)14(21)10-19(2)8-11-3-5-18-6-4-11/h3-6,12-13H,7-10,16H2,1-2H3,(H,17,22)/t12-,13+/m1/s1. The Morgan fingerprint density at radius 2 is 2.14 bits per heavy atom. The lowest BCUT2D eigenvalue weighted by atomic mass is 10.1. The van der Waals surface area contributed by atoms with E-state index in [0.717, 1.165) is 5.56 Å². The number of carbonyl (C=O) groups excluding carboxylic acids is 2. The van der Waals surface area contributed by atoms with Crippen LogP contribution in [-0.2, 0) is 16.1 Å². The van der Waals surface area contributed by atoms with Crippen molar-refractivity contribution < 1.29 is 9.59 Å². The number of carbonyl (C=O) groups is 2. The lowest BCUT2D eigenvalue weighted by Crippen LogP contribution is -2.47. The minimum Gasteiger partial charge on any atom is -0.357 e. The molecule has 2 rings (SSSR count). The fourth-order valence-corrected chi connectivity index (χ4v) is 2.74. The third-order valence-electron chi connectivity index (χ3n) is 3.81. The third kappa shape index (κ3) is 4.02. The van der Waals surface area contributed by atoms with Crippen molar-refractivity contribution in [3.8, 4) is 0 Å². The number of likely N-dealkylation sites (N-methyl/N-ethyl adjacent to an activating group) is 2. The van der Waals surface area contributed by atoms with Crippen LogP contribution in [0.4, 0.5) is 0 Å². The van der Waals surface area contributed by atoms with Crippen molar-refractivity contribution in [3.05, 3.63) is 30.1 Å². The molecule has 7 heteroatoms. The predicted octanol–water partition coefficient (Wildman–Crippen LogP) is -0.812. The average molecular weight is 305 g/mol. The Bertz CT molecular complexity index is 522. The highest BCUT2D eigenvalue weighted by atomic mass is 16.2. The number of hydrogen-bond donors (Lipinski definition) is 2. The summed E-state index contributed by atoms with van der Waals surface area (Å²) in [6, 6.07) is 3.23. The van der Waals surface area contributed by atoms with Gasteiger partial charge >= 0.3 is 0 Å². The van der Waals surface area contributed by atoms with Crippen LogP contribution >= 0.6 is 0 Å². The van der Waals surface area contributed by atoms with Crippen molar-refractivity contribution in [2.75, 3.05) is 27.2 Å². The third-order valence-corrected chi connectivity index (χ3v) is 3.81. The Hall–Kier alpha value is -1.99. The first-order chi connectivity index (χ1) is 10.5. The minimum absolute atomic E-state index is 0.0712. The fourth-order valence-electron chi connectivity index (χ4n) is 2.74. The lowest BCUT2D eigenvalue weighted by Gasteiger charge is -2.26. The van der Waals surface area contributed by atoms with Crippen molar-refractivity contribution in [2.45, 2.75) is 25.0 Å². The van der Waals surface area contributed by atoms with Crippen LogP contribution in [0.5, 0.6) is 0 Å². The largest absolute Gasteiger partial charge is 0.357 e. The van der Waals surface area contributed by atoms with E-state index in [1.54, 1.807) is 24.3 Å². The zero-order valence-electron chi connectivity index (χ0n) is 13.0. The molecule has 1 aromatic rings. The topological polar surface area (TPSA) is 91.6 Å². The molecule has 22 heavy (non-hydrogen) atoms. The Morgan fingerprint density at radius 3 is 2.77 bits per heavy atom. The maximum Gasteiger partial charge on any atom is 0.242 e. The van der Waals surface area contributed by atoms with E-state index in [9.17, 15) is 9.59 Å². The van der Waals surface area contributed by atoms with Crippen molar-refractivity contribution in [2.24, 2.45) is 5.73 Å². The van der Waals surface area contributed by atoms with E-state index in [0.29, 0.717) is 19.5 Å². The number of pyridine rings is 1. The van der Waals surface area contributed by atoms with Gasteiger partial charge in [0.1, 0.15) is 6.04 Å². The molecule has 1 aromatic heterocycles. The van der Waals surface area contributed by atoms with Gasteiger partial charge in [-0.2, -0.15) is 0 Å². The summed E-state index contributed by atoms with van der Waals surface area (Å²) < 4.78 is 0. The van der Waals surface area contributed by atoms with Gasteiger partial charge in [0, 0.05) is 38.6 Å². The SMILES string of the molecule is CNC(=O)[C@@H]1C[C@@H](N)CN1C(=O)CN(C)Cc1ccncc1. The van der Waals surface area contributed by atoms with Gasteiger partial charge in [0.05, 0.1) is 6.54 Å². The highest BCUT2D eigenvalue weighted by molar-refractivity contribution is 5.89. The quantitative estimate of drug-likeness (QED) is 0.742. The molecule has 0 aliphatic carbocycles. The second kappa shape index (κ2) is 7.33. The van der Waals surface area contributed by atoms with Gasteiger partial charge in [0.2, 0.25) is 11.8 Å². The van der Waals surface area contributed by atoms with E-state index in [4.69, 9.17) is 5.73 Å². The maximum atomic E-state index is 12.5. The number of nitrogens with two attached hydrogens (primary N) is 1. The highest BCUT2D eigenvalue weighted by Crippen LogP contribution is 2.17. The number of likely N-dealkylation sites (tertiary alicyclic amines) is 1. The molecule has 120 valence electrons. The van der Waals surface area contributed by atoms with E-state index in [1.807, 2.05) is 24.1 Å². The summed E-state index contributed by atoms with van der Waals surface area (Å²) >= 11 is 0. The van der Waals surface area contributed by atoms with Gasteiger partial charge in [0.25, 0.3) is 0 Å². The van der Waals surface area contributed by atoms with Crippen LogP contribution in [0, 0.1) is 0 Å². The van der Waals surface area contributed by atoms with Crippen LogP contribution in [0.25, 0.3) is 0 Å². The molecular weight excluding hydrogens is 282 g/mol. The number of nitrogens with one attached hydrogen (secondary N) is 1. The van der Waals surface area contributed by atoms with Crippen molar-refractivity contribution in [1.82, 2.24) is 20.1 Å². The molecule has 0 spiro atoms. The number of rotatable bonds is 5. The average Bonchev–Trinajstić information content (AvgIpc) is 2.89. The van der Waals surface area contributed by atoms with E-state index < -0.39 is 6.04 Å². The zero-order valence-corrected chi connectivity index (χ0v) is 13.0. The van der Waals surface area contributed by atoms with Crippen LogP contribution in [0.3, 0.4) is 0 Å². The van der Waals surface area contributed by atoms with E-state index >= 15 is 0 Å². The molecule has 1 aliphatic heterocycles. The van der Waals surface area contributed by atoms with Crippen LogP contribution in [-0.4, -0.2) is 65.9 Å². The van der Waals surface area contributed by atoms with Crippen molar-refractivity contribution in [1.29, 1.82) is 0 Å². The van der Waals surface area contributed by atoms with E-state index in [2.05, 4.69) is 10.3 Å². The molecule has 1 saturated heterocycles. The Morgan fingerprint density at radius 1 is 1.45 bits per heavy atom. The number of aromatic nitrogens is 1. The second-order valence-electron chi connectivity index (χ2n) is 5.70. The molecule has 1 aliphatic rings. The summed E-state index contributed by atoms with van der Waals surface area (Å²) in [5.74, 6) is -0.226. The van der Waals surface area contributed by atoms with Gasteiger partial charge in [0.15, 0.2) is 0 Å². The summed E-state index contributed by atoms with van der Waals surface area (Å²) in [7, 11) is 3.45. The summed E-state index contributed by atoms with van der Waals surface area (Å²) in [6.45, 7) is 1.33. The molecule has 0 unspecified atom stereocenters. The van der Waals surface area contributed by atoms with Gasteiger partial charge in [-0.15, -0.1) is 0 Å². The number of hydrogen-bond acceptors (Lipinski definition) is 5. The Kier molecular flexibility index (Phi) is 5.46. The first kappa shape index (κ1) is 16.4. The Balaban J connectivity index is 1.94. The van der Waals surface area contributed by atoms with Crippen LogP contribution < -0.4 is 11.1 Å². The van der Waals surface area contributed by atoms with Gasteiger partial charge in [-0.05, 0) is 31.2 Å². The molecule has 1 fully saturated rings. The molecule has 2 heterocycles. The van der Waals surface area contributed by atoms with Gasteiger partial charge in [-0.3, -0.25) is 19.5 Å². The minimum atomic E-state index is -0.457. The molecule has 0 radical (unpaired) electrons. The second-order valence-corrected chi connectivity index (χ2v) is 5.70. The zero-order chi connectivity index (χ0) is 16.1. The fraction of sp³-hybridized carbons (Fsp3) is 0.533. The lowest BCUT2D eigenvalue weighted by molar-refractivity contribution is -0.139. The molecule has 3 N–H and O–H groups in total. The highest BCUT2D eigenvalue weighted by Gasteiger charge is 2.37.